The smallest absolute Gasteiger partial charge is 0.202 e. The van der Waals surface area contributed by atoms with Crippen LogP contribution in [0.1, 0.15) is 0 Å². The summed E-state index contributed by atoms with van der Waals surface area (Å²) in [5, 5.41) is 7.40. The number of aromatic nitrogens is 3. The lowest BCUT2D eigenvalue weighted by Gasteiger charge is -2.15. The normalized spacial score (nSPS) is 11.5. The molecule has 0 aliphatic heterocycles. The Balaban J connectivity index is 0.781. The molecule has 1 heterocycles. The number of benzene rings is 12. The number of rotatable bonds is 8. The molecule has 4 heteroatoms. The molecule has 14 rings (SSSR count). The van der Waals surface area contributed by atoms with E-state index in [1.807, 2.05) is 30.3 Å². The van der Waals surface area contributed by atoms with Crippen molar-refractivity contribution in [1.29, 1.82) is 0 Å². The molecule has 0 N–H and O–H groups in total. The van der Waals surface area contributed by atoms with Crippen molar-refractivity contribution in [2.75, 3.05) is 0 Å². The van der Waals surface area contributed by atoms with Crippen LogP contribution in [0, 0.1) is 6.57 Å². The first-order chi connectivity index (χ1) is 36.6. The summed E-state index contributed by atoms with van der Waals surface area (Å²) >= 11 is 0. The molecule has 74 heavy (non-hydrogen) atoms. The van der Waals surface area contributed by atoms with E-state index < -0.39 is 0 Å². The average molecular weight is 939 g/mol. The van der Waals surface area contributed by atoms with Gasteiger partial charge >= 0.3 is 0 Å². The quantitative estimate of drug-likeness (QED) is 0.113. The monoisotopic (exact) mass is 938 g/mol. The molecule has 0 fully saturated rings. The molecule has 0 amide bonds. The molecule has 0 saturated heterocycles. The summed E-state index contributed by atoms with van der Waals surface area (Å²) in [6, 6.07) is 89.7. The van der Waals surface area contributed by atoms with Crippen LogP contribution in [0.25, 0.3) is 149 Å². The molecular weight excluding hydrogens is 897 g/mol. The Kier molecular flexibility index (Phi) is 10.2. The van der Waals surface area contributed by atoms with E-state index in [1.165, 1.54) is 60.1 Å². The van der Waals surface area contributed by atoms with Crippen molar-refractivity contribution in [1.82, 2.24) is 15.0 Å². The van der Waals surface area contributed by atoms with Crippen LogP contribution in [0.4, 0.5) is 5.69 Å². The van der Waals surface area contributed by atoms with E-state index in [0.717, 1.165) is 66.8 Å². The number of fused-ring (bicyclic) bond motifs is 6. The van der Waals surface area contributed by atoms with E-state index in [0.29, 0.717) is 23.2 Å². The zero-order valence-electron chi connectivity index (χ0n) is 40.0. The standard InChI is InChI=1S/C70H42N4/c1-71-67-55(46-35-31-45(32-36-46)51-39-40-60-61-29-12-18-47-19-13-30-62(66(47)61)65(60)42-51)27-14-28-56(67)52-21-11-20-50(41-52)44-33-37-49(38-34-44)69-72-68(48-15-3-2-4-16-48)73-70(74-69)63-26-10-9-25-59(63)64-43-53-17-5-6-22-54(53)57-23-7-8-24-58(57)64/h2-43H. The van der Waals surface area contributed by atoms with Crippen LogP contribution in [0.15, 0.2) is 255 Å². The van der Waals surface area contributed by atoms with Gasteiger partial charge in [0.1, 0.15) is 0 Å². The lowest BCUT2D eigenvalue weighted by molar-refractivity contribution is 1.07. The first kappa shape index (κ1) is 42.8. The largest absolute Gasteiger partial charge is 0.237 e. The summed E-state index contributed by atoms with van der Waals surface area (Å²) in [6.07, 6.45) is 0. The molecule has 13 aromatic rings. The van der Waals surface area contributed by atoms with Crippen molar-refractivity contribution in [3.8, 4) is 112 Å². The van der Waals surface area contributed by atoms with Crippen molar-refractivity contribution in [3.05, 3.63) is 266 Å². The molecule has 12 aromatic carbocycles. The minimum absolute atomic E-state index is 0.593. The summed E-state index contributed by atoms with van der Waals surface area (Å²) in [6.45, 7) is 8.46. The maximum atomic E-state index is 8.46. The fourth-order valence-corrected chi connectivity index (χ4v) is 11.2. The fraction of sp³-hybridized carbons (Fsp3) is 0. The van der Waals surface area contributed by atoms with Crippen LogP contribution in [-0.4, -0.2) is 15.0 Å². The number of hydrogen-bond acceptors (Lipinski definition) is 3. The molecule has 0 radical (unpaired) electrons. The van der Waals surface area contributed by atoms with E-state index in [2.05, 4.69) is 229 Å². The van der Waals surface area contributed by atoms with Crippen LogP contribution in [0.3, 0.4) is 0 Å². The molecule has 1 aromatic heterocycles. The molecule has 342 valence electrons. The van der Waals surface area contributed by atoms with E-state index in [9.17, 15) is 0 Å². The highest BCUT2D eigenvalue weighted by Gasteiger charge is 2.22. The third-order valence-electron chi connectivity index (χ3n) is 14.7. The van der Waals surface area contributed by atoms with Crippen LogP contribution in [0.5, 0.6) is 0 Å². The third kappa shape index (κ3) is 7.26. The Morgan fingerprint density at radius 2 is 0.703 bits per heavy atom. The van der Waals surface area contributed by atoms with Gasteiger partial charge in [0.05, 0.1) is 6.57 Å². The molecule has 0 atom stereocenters. The average Bonchev–Trinajstić information content (AvgIpc) is 3.81. The number of hydrogen-bond donors (Lipinski definition) is 0. The predicted octanol–water partition coefficient (Wildman–Crippen LogP) is 18.9. The van der Waals surface area contributed by atoms with Gasteiger partial charge in [-0.25, -0.2) is 19.8 Å². The van der Waals surface area contributed by atoms with Gasteiger partial charge in [0.2, 0.25) is 5.69 Å². The highest BCUT2D eigenvalue weighted by atomic mass is 15.0. The van der Waals surface area contributed by atoms with Gasteiger partial charge in [0.15, 0.2) is 17.5 Å². The van der Waals surface area contributed by atoms with Crippen molar-refractivity contribution in [2.45, 2.75) is 0 Å². The second-order valence-corrected chi connectivity index (χ2v) is 18.9. The van der Waals surface area contributed by atoms with Gasteiger partial charge in [0, 0.05) is 16.7 Å². The maximum absolute atomic E-state index is 8.46. The van der Waals surface area contributed by atoms with Crippen molar-refractivity contribution < 1.29 is 0 Å². The zero-order chi connectivity index (χ0) is 49.1. The van der Waals surface area contributed by atoms with Gasteiger partial charge in [0.25, 0.3) is 0 Å². The van der Waals surface area contributed by atoms with Crippen molar-refractivity contribution >= 4 is 38.0 Å². The molecule has 1 aliphatic carbocycles. The molecular formula is C70H42N4. The Morgan fingerprint density at radius 1 is 0.243 bits per heavy atom. The van der Waals surface area contributed by atoms with Gasteiger partial charge < -0.3 is 0 Å². The Labute approximate surface area is 429 Å². The summed E-state index contributed by atoms with van der Waals surface area (Å²) < 4.78 is 0. The topological polar surface area (TPSA) is 43.0 Å². The predicted molar refractivity (Wildman–Crippen MR) is 307 cm³/mol. The number of para-hydroxylation sites is 1. The third-order valence-corrected chi connectivity index (χ3v) is 14.7. The maximum Gasteiger partial charge on any atom is 0.202 e. The van der Waals surface area contributed by atoms with Gasteiger partial charge in [-0.05, 0) is 128 Å². The minimum Gasteiger partial charge on any atom is -0.237 e. The SMILES string of the molecule is [C-]#[N+]c1c(-c2ccc(-c3ccc4c(c3)-c3cccc5cccc-4c35)cc2)cccc1-c1cccc(-c2ccc(-c3nc(-c4ccccc4)nc(-c4ccccc4-c4cc5ccccc5c5ccccc45)n3)cc2)c1. The summed E-state index contributed by atoms with van der Waals surface area (Å²) in [4.78, 5) is 19.7. The van der Waals surface area contributed by atoms with Gasteiger partial charge in [-0.3, -0.25) is 0 Å². The van der Waals surface area contributed by atoms with Gasteiger partial charge in [-0.1, -0.05) is 237 Å². The second-order valence-electron chi connectivity index (χ2n) is 18.9. The van der Waals surface area contributed by atoms with Gasteiger partial charge in [-0.15, -0.1) is 0 Å². The highest BCUT2D eigenvalue weighted by molar-refractivity contribution is 6.16. The van der Waals surface area contributed by atoms with Crippen LogP contribution in [0.2, 0.25) is 0 Å². The fourth-order valence-electron chi connectivity index (χ4n) is 11.2. The first-order valence-electron chi connectivity index (χ1n) is 24.9. The van der Waals surface area contributed by atoms with E-state index in [4.69, 9.17) is 21.5 Å². The Bertz CT molecular complexity index is 4410. The van der Waals surface area contributed by atoms with E-state index in [1.54, 1.807) is 0 Å². The summed E-state index contributed by atoms with van der Waals surface area (Å²) in [5.74, 6) is 1.81. The van der Waals surface area contributed by atoms with E-state index in [-0.39, 0.29) is 0 Å². The Hall–Kier alpha value is -10.1. The summed E-state index contributed by atoms with van der Waals surface area (Å²) in [7, 11) is 0. The lowest BCUT2D eigenvalue weighted by atomic mass is 9.91. The molecule has 0 bridgehead atoms. The van der Waals surface area contributed by atoms with Crippen molar-refractivity contribution in [3.63, 3.8) is 0 Å². The number of nitrogens with zero attached hydrogens (tertiary/aromatic N) is 4. The van der Waals surface area contributed by atoms with Crippen molar-refractivity contribution in [2.24, 2.45) is 0 Å². The van der Waals surface area contributed by atoms with E-state index >= 15 is 0 Å². The molecule has 0 saturated carbocycles. The van der Waals surface area contributed by atoms with Crippen LogP contribution < -0.4 is 0 Å². The lowest BCUT2D eigenvalue weighted by Crippen LogP contribution is -2.01. The highest BCUT2D eigenvalue weighted by Crippen LogP contribution is 2.49. The molecule has 4 nitrogen and oxygen atoms in total. The molecule has 0 spiro atoms. The minimum atomic E-state index is 0.593. The molecule has 1 aliphatic rings. The van der Waals surface area contributed by atoms with Crippen LogP contribution >= 0.6 is 0 Å². The zero-order valence-corrected chi connectivity index (χ0v) is 40.0. The Morgan fingerprint density at radius 3 is 1.45 bits per heavy atom. The van der Waals surface area contributed by atoms with Crippen LogP contribution in [-0.2, 0) is 0 Å². The van der Waals surface area contributed by atoms with Gasteiger partial charge in [-0.2, -0.15) is 0 Å². The molecule has 0 unspecified atom stereocenters. The summed E-state index contributed by atoms with van der Waals surface area (Å²) in [5.41, 5.74) is 18.9. The first-order valence-corrected chi connectivity index (χ1v) is 24.9. The second kappa shape index (κ2) is 17.6.